The number of methoxy groups -OCH3 is 1. The fourth-order valence-corrected chi connectivity index (χ4v) is 3.10. The van der Waals surface area contributed by atoms with Gasteiger partial charge in [0.1, 0.15) is 11.3 Å². The summed E-state index contributed by atoms with van der Waals surface area (Å²) in [6.45, 7) is 3.96. The van der Waals surface area contributed by atoms with Crippen molar-refractivity contribution in [1.82, 2.24) is 0 Å². The molecule has 1 aromatic heterocycles. The summed E-state index contributed by atoms with van der Waals surface area (Å²) in [6, 6.07) is 4.79. The molecule has 0 amide bonds. The van der Waals surface area contributed by atoms with Crippen LogP contribution in [0.25, 0.3) is 11.0 Å². The molecule has 2 aromatic rings. The predicted octanol–water partition coefficient (Wildman–Crippen LogP) is 5.25. The van der Waals surface area contributed by atoms with Crippen molar-refractivity contribution in [3.63, 3.8) is 0 Å². The van der Waals surface area contributed by atoms with E-state index in [9.17, 15) is 9.59 Å². The molecule has 0 aliphatic heterocycles. The number of hydrogen-bond donors (Lipinski definition) is 0. The van der Waals surface area contributed by atoms with Crippen LogP contribution in [0.15, 0.2) is 27.4 Å². The number of rotatable bonds is 12. The third-order valence-corrected chi connectivity index (χ3v) is 4.50. The number of fused-ring (bicyclic) bond motifs is 1. The highest BCUT2D eigenvalue weighted by Crippen LogP contribution is 2.34. The van der Waals surface area contributed by atoms with Crippen LogP contribution in [0.4, 0.5) is 0 Å². The van der Waals surface area contributed by atoms with Crippen LogP contribution in [0.5, 0.6) is 17.2 Å². The Kier molecular flexibility index (Phi) is 8.85. The van der Waals surface area contributed by atoms with Crippen molar-refractivity contribution in [3.05, 3.63) is 28.6 Å². The number of esters is 1. The van der Waals surface area contributed by atoms with E-state index in [1.807, 2.05) is 0 Å². The van der Waals surface area contributed by atoms with Gasteiger partial charge in [-0.1, -0.05) is 51.9 Å². The van der Waals surface area contributed by atoms with E-state index < -0.39 is 11.6 Å². The maximum Gasteiger partial charge on any atom is 0.383 e. The summed E-state index contributed by atoms with van der Waals surface area (Å²) in [5.74, 6) is 0.273. The van der Waals surface area contributed by atoms with Gasteiger partial charge in [-0.25, -0.2) is 4.79 Å². The Morgan fingerprint density at radius 3 is 2.32 bits per heavy atom. The smallest absolute Gasteiger partial charge is 0.383 e. The second-order valence-electron chi connectivity index (χ2n) is 6.83. The summed E-state index contributed by atoms with van der Waals surface area (Å²) in [5, 5.41) is 0.587. The van der Waals surface area contributed by atoms with Crippen molar-refractivity contribution in [1.29, 1.82) is 0 Å². The zero-order valence-corrected chi connectivity index (χ0v) is 17.0. The van der Waals surface area contributed by atoms with E-state index in [-0.39, 0.29) is 11.3 Å². The summed E-state index contributed by atoms with van der Waals surface area (Å²) in [5.41, 5.74) is -0.330. The van der Waals surface area contributed by atoms with Gasteiger partial charge in [-0.05, 0) is 18.6 Å². The number of unbranched alkanes of at least 4 members (excludes halogenated alkanes) is 7. The first-order valence-corrected chi connectivity index (χ1v) is 10.0. The molecule has 0 radical (unpaired) electrons. The van der Waals surface area contributed by atoms with Gasteiger partial charge in [0.2, 0.25) is 5.75 Å². The van der Waals surface area contributed by atoms with Gasteiger partial charge < -0.3 is 18.6 Å². The largest absolute Gasteiger partial charge is 0.492 e. The van der Waals surface area contributed by atoms with Gasteiger partial charge in [0, 0.05) is 13.0 Å². The van der Waals surface area contributed by atoms with Gasteiger partial charge >= 0.3 is 11.6 Å². The topological polar surface area (TPSA) is 75.0 Å². The van der Waals surface area contributed by atoms with Gasteiger partial charge in [0.25, 0.3) is 0 Å². The molecule has 28 heavy (non-hydrogen) atoms. The minimum Gasteiger partial charge on any atom is -0.492 e. The second kappa shape index (κ2) is 11.4. The first-order chi connectivity index (χ1) is 13.6. The van der Waals surface area contributed by atoms with Crippen LogP contribution in [0.2, 0.25) is 0 Å². The molecule has 6 nitrogen and oxygen atoms in total. The van der Waals surface area contributed by atoms with Crippen LogP contribution in [-0.4, -0.2) is 19.7 Å². The van der Waals surface area contributed by atoms with Crippen LogP contribution in [0.1, 0.15) is 65.2 Å². The Hall–Kier alpha value is -2.50. The lowest BCUT2D eigenvalue weighted by molar-refractivity contribution is -0.131. The quantitative estimate of drug-likeness (QED) is 0.213. The van der Waals surface area contributed by atoms with E-state index in [4.69, 9.17) is 18.6 Å². The fourth-order valence-electron chi connectivity index (χ4n) is 3.10. The third kappa shape index (κ3) is 6.29. The lowest BCUT2D eigenvalue weighted by Gasteiger charge is -2.12. The summed E-state index contributed by atoms with van der Waals surface area (Å²) < 4.78 is 21.5. The molecule has 1 aromatic carbocycles. The highest BCUT2D eigenvalue weighted by Gasteiger charge is 2.17. The van der Waals surface area contributed by atoms with Gasteiger partial charge in [0.15, 0.2) is 5.75 Å². The fraction of sp³-hybridized carbons (Fsp3) is 0.545. The van der Waals surface area contributed by atoms with Crippen molar-refractivity contribution in [2.45, 2.75) is 65.2 Å². The molecule has 0 spiro atoms. The first kappa shape index (κ1) is 21.8. The predicted molar refractivity (Wildman–Crippen MR) is 108 cm³/mol. The highest BCUT2D eigenvalue weighted by atomic mass is 16.5. The summed E-state index contributed by atoms with van der Waals surface area (Å²) in [6.07, 6.45) is 9.52. The standard InChI is InChI=1S/C22H30O6/c1-4-5-6-7-8-9-10-11-14-26-21-20(25-3)18-13-12-17(27-16(2)23)15-19(18)28-22(21)24/h12-13,15H,4-11,14H2,1-3H3. The molecule has 0 aliphatic carbocycles. The molecular formula is C22H30O6. The average molecular weight is 390 g/mol. The zero-order valence-electron chi connectivity index (χ0n) is 17.0. The first-order valence-electron chi connectivity index (χ1n) is 10.0. The van der Waals surface area contributed by atoms with Crippen LogP contribution < -0.4 is 19.8 Å². The van der Waals surface area contributed by atoms with Gasteiger partial charge in [-0.2, -0.15) is 0 Å². The molecule has 0 saturated heterocycles. The average Bonchev–Trinajstić information content (AvgIpc) is 2.66. The molecule has 154 valence electrons. The van der Waals surface area contributed by atoms with Crippen molar-refractivity contribution in [3.8, 4) is 17.2 Å². The summed E-state index contributed by atoms with van der Waals surface area (Å²) in [4.78, 5) is 23.4. The SMILES string of the molecule is CCCCCCCCCCOc1c(OC)c2ccc(OC(C)=O)cc2oc1=O. The van der Waals surface area contributed by atoms with Crippen molar-refractivity contribution in [2.24, 2.45) is 0 Å². The molecule has 0 aliphatic rings. The molecule has 6 heteroatoms. The normalized spacial score (nSPS) is 10.8. The molecular weight excluding hydrogens is 360 g/mol. The molecule has 0 bridgehead atoms. The number of benzene rings is 1. The molecule has 0 fully saturated rings. The maximum atomic E-state index is 12.3. The third-order valence-electron chi connectivity index (χ3n) is 4.50. The van der Waals surface area contributed by atoms with E-state index in [0.29, 0.717) is 23.5 Å². The monoisotopic (exact) mass is 390 g/mol. The number of carbonyl (C=O) groups excluding carboxylic acids is 1. The minimum absolute atomic E-state index is 0.0817. The molecule has 0 unspecified atom stereocenters. The van der Waals surface area contributed by atoms with E-state index in [1.165, 1.54) is 58.6 Å². The van der Waals surface area contributed by atoms with E-state index in [1.54, 1.807) is 12.1 Å². The molecule has 2 rings (SSSR count). The van der Waals surface area contributed by atoms with E-state index >= 15 is 0 Å². The highest BCUT2D eigenvalue weighted by molar-refractivity contribution is 5.87. The Morgan fingerprint density at radius 2 is 1.68 bits per heavy atom. The van der Waals surface area contributed by atoms with E-state index in [0.717, 1.165) is 12.8 Å². The minimum atomic E-state index is -0.608. The Morgan fingerprint density at radius 1 is 1.00 bits per heavy atom. The second-order valence-corrected chi connectivity index (χ2v) is 6.83. The molecule has 0 saturated carbocycles. The van der Waals surface area contributed by atoms with Crippen LogP contribution in [0.3, 0.4) is 0 Å². The van der Waals surface area contributed by atoms with Crippen molar-refractivity contribution >= 4 is 16.9 Å². The lowest BCUT2D eigenvalue weighted by Crippen LogP contribution is -2.10. The summed E-state index contributed by atoms with van der Waals surface area (Å²) >= 11 is 0. The van der Waals surface area contributed by atoms with Crippen LogP contribution >= 0.6 is 0 Å². The molecule has 1 heterocycles. The summed E-state index contributed by atoms with van der Waals surface area (Å²) in [7, 11) is 1.48. The van der Waals surface area contributed by atoms with Gasteiger partial charge in [0.05, 0.1) is 19.1 Å². The Balaban J connectivity index is 1.97. The van der Waals surface area contributed by atoms with Crippen LogP contribution in [-0.2, 0) is 4.79 Å². The molecule has 0 N–H and O–H groups in total. The maximum absolute atomic E-state index is 12.3. The number of hydrogen-bond acceptors (Lipinski definition) is 6. The van der Waals surface area contributed by atoms with Gasteiger partial charge in [-0.15, -0.1) is 0 Å². The Labute approximate surface area is 165 Å². The van der Waals surface area contributed by atoms with E-state index in [2.05, 4.69) is 6.92 Å². The van der Waals surface area contributed by atoms with Crippen LogP contribution in [0, 0.1) is 0 Å². The molecule has 0 atom stereocenters. The number of ether oxygens (including phenoxy) is 3. The van der Waals surface area contributed by atoms with Crippen molar-refractivity contribution in [2.75, 3.05) is 13.7 Å². The lowest BCUT2D eigenvalue weighted by atomic mass is 10.1. The Bertz CT molecular complexity index is 824. The van der Waals surface area contributed by atoms with Gasteiger partial charge in [-0.3, -0.25) is 4.79 Å². The van der Waals surface area contributed by atoms with Crippen molar-refractivity contribution < 1.29 is 23.4 Å². The zero-order chi connectivity index (χ0) is 20.4. The number of carbonyl (C=O) groups is 1.